The lowest BCUT2D eigenvalue weighted by atomic mass is 9.99. The second-order valence-electron chi connectivity index (χ2n) is 8.08. The highest BCUT2D eigenvalue weighted by molar-refractivity contribution is 5.97. The topological polar surface area (TPSA) is 134 Å². The van der Waals surface area contributed by atoms with Gasteiger partial charge in [-0.3, -0.25) is 9.59 Å². The summed E-state index contributed by atoms with van der Waals surface area (Å²) in [6.45, 7) is 5.30. The third kappa shape index (κ3) is 7.16. The molecule has 0 radical (unpaired) electrons. The van der Waals surface area contributed by atoms with Gasteiger partial charge in [-0.15, -0.1) is 0 Å². The van der Waals surface area contributed by atoms with Crippen LogP contribution in [0.5, 0.6) is 11.5 Å². The first kappa shape index (κ1) is 26.1. The zero-order valence-corrected chi connectivity index (χ0v) is 19.2. The lowest BCUT2D eigenvalue weighted by molar-refractivity contribution is -0.128. The van der Waals surface area contributed by atoms with Crippen molar-refractivity contribution in [2.45, 2.75) is 45.5 Å². The summed E-state index contributed by atoms with van der Waals surface area (Å²) in [4.78, 5) is 37.7. The molecule has 3 N–H and O–H groups in total. The number of nitrogens with zero attached hydrogens (tertiary/aromatic N) is 1. The summed E-state index contributed by atoms with van der Waals surface area (Å²) in [5, 5.41) is 30.8. The number of ketones is 1. The van der Waals surface area contributed by atoms with Gasteiger partial charge in [0.05, 0.1) is 12.6 Å². The standard InChI is InChI=1S/C24H31NO8/c1-14-8-9-20(28)23(30)19(27)7-5-6-17-12-18(32-11-10-25(4)16(3)26)13-21(29)22(17)24(31)33-15(14)2/h5-6,8-9,12-15,19,23,27,29-30H,7,10-11H2,1-4H3/b6-5+,9-8-/t14-,15+,19+,23?/m1/s1. The number of likely N-dealkylation sites (N-methyl/N-ethyl adjacent to an activating group) is 1. The van der Waals surface area contributed by atoms with Crippen LogP contribution in [0.4, 0.5) is 0 Å². The Morgan fingerprint density at radius 3 is 2.58 bits per heavy atom. The second kappa shape index (κ2) is 11.6. The molecule has 2 rings (SSSR count). The first-order chi connectivity index (χ1) is 15.5. The summed E-state index contributed by atoms with van der Waals surface area (Å²) in [5.41, 5.74) is 0.195. The highest BCUT2D eigenvalue weighted by atomic mass is 16.5. The summed E-state index contributed by atoms with van der Waals surface area (Å²) in [6.07, 6.45) is 1.95. The molecule has 1 aliphatic rings. The van der Waals surface area contributed by atoms with Gasteiger partial charge in [-0.05, 0) is 31.1 Å². The molecule has 9 nitrogen and oxygen atoms in total. The Hall–Kier alpha value is -3.17. The molecule has 0 aromatic heterocycles. The van der Waals surface area contributed by atoms with E-state index in [0.29, 0.717) is 6.54 Å². The van der Waals surface area contributed by atoms with Gasteiger partial charge in [-0.1, -0.05) is 25.2 Å². The normalized spacial score (nSPS) is 25.9. The van der Waals surface area contributed by atoms with Gasteiger partial charge in [0.15, 0.2) is 5.78 Å². The smallest absolute Gasteiger partial charge is 0.342 e. The molecule has 1 amide bonds. The average Bonchev–Trinajstić information content (AvgIpc) is 2.75. The number of esters is 1. The summed E-state index contributed by atoms with van der Waals surface area (Å²) in [7, 11) is 1.63. The Balaban J connectivity index is 2.38. The minimum atomic E-state index is -1.60. The van der Waals surface area contributed by atoms with Crippen molar-refractivity contribution in [2.75, 3.05) is 20.2 Å². The highest BCUT2D eigenvalue weighted by Gasteiger charge is 2.25. The Bertz CT molecular complexity index is 939. The first-order valence-electron chi connectivity index (χ1n) is 10.7. The van der Waals surface area contributed by atoms with Gasteiger partial charge in [-0.2, -0.15) is 0 Å². The maximum atomic E-state index is 12.8. The number of aliphatic hydroxyl groups excluding tert-OH is 2. The predicted molar refractivity (Wildman–Crippen MR) is 121 cm³/mol. The third-order valence-corrected chi connectivity index (χ3v) is 5.49. The minimum absolute atomic E-state index is 0.0730. The maximum absolute atomic E-state index is 12.8. The van der Waals surface area contributed by atoms with E-state index in [0.717, 1.165) is 6.08 Å². The van der Waals surface area contributed by atoms with Crippen LogP contribution in [0.15, 0.2) is 30.4 Å². The molecular formula is C24H31NO8. The summed E-state index contributed by atoms with van der Waals surface area (Å²) in [5.74, 6) is -1.98. The van der Waals surface area contributed by atoms with Gasteiger partial charge in [0.2, 0.25) is 5.91 Å². The molecule has 1 aromatic carbocycles. The molecule has 1 unspecified atom stereocenters. The number of cyclic esters (lactones) is 1. The van der Waals surface area contributed by atoms with Crippen molar-refractivity contribution in [1.82, 2.24) is 4.90 Å². The first-order valence-corrected chi connectivity index (χ1v) is 10.7. The number of aliphatic hydroxyl groups is 2. The molecule has 1 aromatic rings. The zero-order valence-electron chi connectivity index (χ0n) is 19.2. The van der Waals surface area contributed by atoms with Crippen molar-refractivity contribution in [3.8, 4) is 11.5 Å². The van der Waals surface area contributed by atoms with Gasteiger partial charge in [0.1, 0.15) is 35.9 Å². The van der Waals surface area contributed by atoms with E-state index < -0.39 is 30.1 Å². The number of carbonyl (C=O) groups excluding carboxylic acids is 3. The van der Waals surface area contributed by atoms with Crippen LogP contribution >= 0.6 is 0 Å². The number of benzene rings is 1. The van der Waals surface area contributed by atoms with Crippen LogP contribution in [0.3, 0.4) is 0 Å². The molecular weight excluding hydrogens is 430 g/mol. The van der Waals surface area contributed by atoms with E-state index in [1.165, 1.54) is 42.2 Å². The SMILES string of the molecule is CC(=O)N(C)CCOc1cc(O)c2c(c1)/C=C/C[C@H](O)C(O)C(=O)/C=C\[C@@H](C)[C@H](C)OC2=O. The van der Waals surface area contributed by atoms with Crippen molar-refractivity contribution in [1.29, 1.82) is 0 Å². The number of ether oxygens (including phenoxy) is 2. The van der Waals surface area contributed by atoms with Crippen LogP contribution in [0.2, 0.25) is 0 Å². The molecule has 0 saturated carbocycles. The summed E-state index contributed by atoms with van der Waals surface area (Å²) >= 11 is 0. The number of hydrogen-bond acceptors (Lipinski definition) is 8. The number of rotatable bonds is 4. The van der Waals surface area contributed by atoms with Gasteiger partial charge >= 0.3 is 5.97 Å². The van der Waals surface area contributed by atoms with Gasteiger partial charge in [-0.25, -0.2) is 4.79 Å². The third-order valence-electron chi connectivity index (χ3n) is 5.49. The quantitative estimate of drug-likeness (QED) is 0.577. The monoisotopic (exact) mass is 461 g/mol. The van der Waals surface area contributed by atoms with E-state index >= 15 is 0 Å². The Morgan fingerprint density at radius 2 is 1.91 bits per heavy atom. The average molecular weight is 462 g/mol. The second-order valence-corrected chi connectivity index (χ2v) is 8.08. The van der Waals surface area contributed by atoms with Crippen molar-refractivity contribution in [3.63, 3.8) is 0 Å². The lowest BCUT2D eigenvalue weighted by Crippen LogP contribution is -2.32. The Kier molecular flexibility index (Phi) is 9.19. The fourth-order valence-electron chi connectivity index (χ4n) is 3.01. The van der Waals surface area contributed by atoms with E-state index in [-0.39, 0.29) is 47.5 Å². The number of carbonyl (C=O) groups is 3. The minimum Gasteiger partial charge on any atom is -0.507 e. The molecule has 1 heterocycles. The van der Waals surface area contributed by atoms with Crippen LogP contribution in [0, 0.1) is 5.92 Å². The van der Waals surface area contributed by atoms with E-state index in [1.807, 2.05) is 0 Å². The fraction of sp³-hybridized carbons (Fsp3) is 0.458. The number of fused-ring (bicyclic) bond motifs is 1. The summed E-state index contributed by atoms with van der Waals surface area (Å²) in [6, 6.07) is 2.81. The van der Waals surface area contributed by atoms with E-state index in [4.69, 9.17) is 9.47 Å². The maximum Gasteiger partial charge on any atom is 0.342 e. The fourth-order valence-corrected chi connectivity index (χ4v) is 3.01. The molecule has 4 atom stereocenters. The van der Waals surface area contributed by atoms with Crippen LogP contribution in [0.1, 0.15) is 43.1 Å². The molecule has 0 fully saturated rings. The van der Waals surface area contributed by atoms with E-state index in [1.54, 1.807) is 20.9 Å². The highest BCUT2D eigenvalue weighted by Crippen LogP contribution is 2.31. The van der Waals surface area contributed by atoms with Crippen molar-refractivity contribution in [3.05, 3.63) is 41.5 Å². The van der Waals surface area contributed by atoms with Gasteiger partial charge < -0.3 is 29.7 Å². The number of phenolic OH excluding ortho intramolecular Hbond substituents is 1. The molecule has 0 bridgehead atoms. The number of hydrogen-bond donors (Lipinski definition) is 3. The van der Waals surface area contributed by atoms with Crippen LogP contribution in [0.25, 0.3) is 6.08 Å². The van der Waals surface area contributed by atoms with Crippen molar-refractivity contribution < 1.29 is 39.2 Å². The van der Waals surface area contributed by atoms with E-state index in [2.05, 4.69) is 0 Å². The molecule has 0 aliphatic carbocycles. The molecule has 1 aliphatic heterocycles. The molecule has 0 spiro atoms. The number of aromatic hydroxyl groups is 1. The van der Waals surface area contributed by atoms with E-state index in [9.17, 15) is 29.7 Å². The zero-order chi connectivity index (χ0) is 24.7. The van der Waals surface area contributed by atoms with Crippen molar-refractivity contribution >= 4 is 23.7 Å². The van der Waals surface area contributed by atoms with Crippen LogP contribution in [-0.4, -0.2) is 76.4 Å². The van der Waals surface area contributed by atoms with Gasteiger partial charge in [0, 0.05) is 26.0 Å². The van der Waals surface area contributed by atoms with Crippen LogP contribution in [-0.2, 0) is 14.3 Å². The number of amides is 1. The molecule has 33 heavy (non-hydrogen) atoms. The number of phenols is 1. The van der Waals surface area contributed by atoms with Crippen molar-refractivity contribution in [2.24, 2.45) is 5.92 Å². The Labute approximate surface area is 192 Å². The molecule has 9 heteroatoms. The molecule has 0 saturated heterocycles. The predicted octanol–water partition coefficient (Wildman–Crippen LogP) is 1.69. The molecule has 180 valence electrons. The van der Waals surface area contributed by atoms with Crippen LogP contribution < -0.4 is 4.74 Å². The lowest BCUT2D eigenvalue weighted by Gasteiger charge is -2.20. The summed E-state index contributed by atoms with van der Waals surface area (Å²) < 4.78 is 11.1. The Morgan fingerprint density at radius 1 is 1.21 bits per heavy atom. The largest absolute Gasteiger partial charge is 0.507 e. The van der Waals surface area contributed by atoms with Gasteiger partial charge in [0.25, 0.3) is 0 Å².